The molecule has 5 aromatic rings. The molecule has 32 heavy (non-hydrogen) atoms. The van der Waals surface area contributed by atoms with Crippen LogP contribution in [0.4, 0.5) is 4.39 Å². The van der Waals surface area contributed by atoms with Crippen LogP contribution in [-0.4, -0.2) is 30.0 Å². The molecule has 8 heteroatoms. The SMILES string of the molecule is Cc1ccccc1-n1c(=O)c2ccccc2n2c(SCC(O)c3ccc(F)cc3)nnc12. The van der Waals surface area contributed by atoms with Crippen molar-refractivity contribution >= 4 is 28.4 Å². The van der Waals surface area contributed by atoms with Crippen LogP contribution in [0.15, 0.2) is 82.7 Å². The van der Waals surface area contributed by atoms with E-state index in [0.29, 0.717) is 33.2 Å². The lowest BCUT2D eigenvalue weighted by Gasteiger charge is -2.13. The fourth-order valence-electron chi connectivity index (χ4n) is 3.74. The molecule has 1 atom stereocenters. The molecule has 0 bridgehead atoms. The molecular formula is C24H19FN4O2S. The molecule has 0 spiro atoms. The Morgan fingerprint density at radius 2 is 1.72 bits per heavy atom. The van der Waals surface area contributed by atoms with Crippen LogP contribution in [0.1, 0.15) is 17.2 Å². The lowest BCUT2D eigenvalue weighted by Crippen LogP contribution is -2.22. The number of aliphatic hydroxyl groups is 1. The number of benzene rings is 3. The summed E-state index contributed by atoms with van der Waals surface area (Å²) in [5.74, 6) is 0.351. The van der Waals surface area contributed by atoms with Crippen molar-refractivity contribution in [1.29, 1.82) is 0 Å². The minimum absolute atomic E-state index is 0.169. The van der Waals surface area contributed by atoms with Crippen molar-refractivity contribution in [2.24, 2.45) is 0 Å². The number of aromatic nitrogens is 4. The number of hydrogen-bond acceptors (Lipinski definition) is 5. The molecule has 2 heterocycles. The van der Waals surface area contributed by atoms with Gasteiger partial charge >= 0.3 is 0 Å². The molecule has 0 amide bonds. The molecule has 0 aliphatic rings. The summed E-state index contributed by atoms with van der Waals surface area (Å²) < 4.78 is 16.6. The molecule has 0 saturated carbocycles. The fourth-order valence-corrected chi connectivity index (χ4v) is 4.65. The Kier molecular flexibility index (Phi) is 5.24. The van der Waals surface area contributed by atoms with Gasteiger partial charge in [0.15, 0.2) is 5.16 Å². The molecule has 0 fully saturated rings. The van der Waals surface area contributed by atoms with Gasteiger partial charge in [-0.1, -0.05) is 54.2 Å². The van der Waals surface area contributed by atoms with Gasteiger partial charge < -0.3 is 5.11 Å². The average Bonchev–Trinajstić information content (AvgIpc) is 3.23. The van der Waals surface area contributed by atoms with Crippen molar-refractivity contribution in [1.82, 2.24) is 19.2 Å². The molecule has 0 aliphatic carbocycles. The second kappa shape index (κ2) is 8.22. The Morgan fingerprint density at radius 3 is 2.50 bits per heavy atom. The fraction of sp³-hybridized carbons (Fsp3) is 0.125. The van der Waals surface area contributed by atoms with Gasteiger partial charge in [0.2, 0.25) is 5.78 Å². The second-order valence-electron chi connectivity index (χ2n) is 7.44. The summed E-state index contributed by atoms with van der Waals surface area (Å²) in [5, 5.41) is 20.3. The number of para-hydroxylation sites is 2. The number of aryl methyl sites for hydroxylation is 1. The maximum atomic E-state index is 13.4. The first-order valence-corrected chi connectivity index (χ1v) is 11.0. The minimum Gasteiger partial charge on any atom is -0.388 e. The first-order valence-electron chi connectivity index (χ1n) is 10.1. The predicted molar refractivity (Wildman–Crippen MR) is 123 cm³/mol. The monoisotopic (exact) mass is 446 g/mol. The van der Waals surface area contributed by atoms with E-state index < -0.39 is 6.10 Å². The molecule has 2 aromatic heterocycles. The number of nitrogens with zero attached hydrogens (tertiary/aromatic N) is 4. The second-order valence-corrected chi connectivity index (χ2v) is 8.43. The third kappa shape index (κ3) is 3.47. The highest BCUT2D eigenvalue weighted by Gasteiger charge is 2.19. The van der Waals surface area contributed by atoms with Crippen molar-refractivity contribution in [3.8, 4) is 5.69 Å². The van der Waals surface area contributed by atoms with E-state index in [1.165, 1.54) is 23.9 Å². The maximum Gasteiger partial charge on any atom is 0.267 e. The zero-order valence-corrected chi connectivity index (χ0v) is 18.0. The van der Waals surface area contributed by atoms with Crippen molar-refractivity contribution in [3.63, 3.8) is 0 Å². The van der Waals surface area contributed by atoms with Crippen LogP contribution >= 0.6 is 11.8 Å². The number of aliphatic hydroxyl groups excluding tert-OH is 1. The van der Waals surface area contributed by atoms with Crippen LogP contribution in [0.3, 0.4) is 0 Å². The van der Waals surface area contributed by atoms with Gasteiger partial charge in [-0.2, -0.15) is 0 Å². The van der Waals surface area contributed by atoms with E-state index in [0.717, 1.165) is 11.3 Å². The highest BCUT2D eigenvalue weighted by Crippen LogP contribution is 2.27. The van der Waals surface area contributed by atoms with Crippen LogP contribution in [0, 0.1) is 12.7 Å². The summed E-state index contributed by atoms with van der Waals surface area (Å²) in [6, 6.07) is 20.7. The smallest absolute Gasteiger partial charge is 0.267 e. The Balaban J connectivity index is 1.63. The summed E-state index contributed by atoms with van der Waals surface area (Å²) in [7, 11) is 0. The van der Waals surface area contributed by atoms with Gasteiger partial charge in [-0.3, -0.25) is 9.20 Å². The minimum atomic E-state index is -0.804. The van der Waals surface area contributed by atoms with Crippen LogP contribution in [-0.2, 0) is 0 Å². The molecule has 0 saturated heterocycles. The predicted octanol–water partition coefficient (Wildman–Crippen LogP) is 4.31. The summed E-state index contributed by atoms with van der Waals surface area (Å²) in [6.07, 6.45) is -0.804. The van der Waals surface area contributed by atoms with Crippen LogP contribution in [0.25, 0.3) is 22.4 Å². The number of rotatable bonds is 5. The van der Waals surface area contributed by atoms with E-state index in [4.69, 9.17) is 0 Å². The highest BCUT2D eigenvalue weighted by atomic mass is 32.2. The van der Waals surface area contributed by atoms with E-state index in [9.17, 15) is 14.3 Å². The first kappa shape index (κ1) is 20.4. The van der Waals surface area contributed by atoms with Crippen molar-refractivity contribution in [2.45, 2.75) is 18.2 Å². The van der Waals surface area contributed by atoms with E-state index >= 15 is 0 Å². The van der Waals surface area contributed by atoms with Crippen LogP contribution < -0.4 is 5.56 Å². The largest absolute Gasteiger partial charge is 0.388 e. The maximum absolute atomic E-state index is 13.4. The van der Waals surface area contributed by atoms with Gasteiger partial charge in [0.05, 0.1) is 22.7 Å². The Morgan fingerprint density at radius 1 is 1.00 bits per heavy atom. The molecule has 3 aromatic carbocycles. The molecule has 5 rings (SSSR count). The quantitative estimate of drug-likeness (QED) is 0.408. The molecule has 6 nitrogen and oxygen atoms in total. The van der Waals surface area contributed by atoms with Gasteiger partial charge in [0.25, 0.3) is 5.56 Å². The molecule has 0 radical (unpaired) electrons. The molecule has 1 N–H and O–H groups in total. The van der Waals surface area contributed by atoms with Crippen molar-refractivity contribution < 1.29 is 9.50 Å². The number of hydrogen-bond donors (Lipinski definition) is 1. The van der Waals surface area contributed by atoms with Gasteiger partial charge in [-0.25, -0.2) is 8.96 Å². The van der Waals surface area contributed by atoms with E-state index in [-0.39, 0.29) is 11.4 Å². The van der Waals surface area contributed by atoms with Gasteiger partial charge in [0.1, 0.15) is 5.82 Å². The Bertz CT molecular complexity index is 1490. The van der Waals surface area contributed by atoms with Crippen LogP contribution in [0.5, 0.6) is 0 Å². The lowest BCUT2D eigenvalue weighted by molar-refractivity contribution is 0.204. The van der Waals surface area contributed by atoms with E-state index in [1.807, 2.05) is 53.8 Å². The molecule has 0 aliphatic heterocycles. The third-order valence-corrected chi connectivity index (χ3v) is 6.38. The van der Waals surface area contributed by atoms with Gasteiger partial charge in [0, 0.05) is 5.75 Å². The van der Waals surface area contributed by atoms with E-state index in [2.05, 4.69) is 10.2 Å². The normalized spacial score (nSPS) is 12.5. The van der Waals surface area contributed by atoms with Crippen molar-refractivity contribution in [3.05, 3.63) is 100 Å². The highest BCUT2D eigenvalue weighted by molar-refractivity contribution is 7.99. The van der Waals surface area contributed by atoms with Crippen molar-refractivity contribution in [2.75, 3.05) is 5.75 Å². The van der Waals surface area contributed by atoms with Gasteiger partial charge in [-0.05, 0) is 48.4 Å². The zero-order chi connectivity index (χ0) is 22.2. The number of fused-ring (bicyclic) bond motifs is 3. The number of thioether (sulfide) groups is 1. The zero-order valence-electron chi connectivity index (χ0n) is 17.1. The lowest BCUT2D eigenvalue weighted by atomic mass is 10.1. The Labute approximate surface area is 187 Å². The van der Waals surface area contributed by atoms with Gasteiger partial charge in [-0.15, -0.1) is 10.2 Å². The topological polar surface area (TPSA) is 72.4 Å². The molecule has 160 valence electrons. The summed E-state index contributed by atoms with van der Waals surface area (Å²) >= 11 is 1.32. The summed E-state index contributed by atoms with van der Waals surface area (Å²) in [4.78, 5) is 13.4. The Hall–Kier alpha value is -3.49. The summed E-state index contributed by atoms with van der Waals surface area (Å²) in [6.45, 7) is 1.94. The average molecular weight is 447 g/mol. The standard InChI is InChI=1S/C24H19FN4O2S/c1-15-6-2-4-8-19(15)28-22(31)18-7-3-5-9-20(18)29-23(28)26-27-24(29)32-14-21(30)16-10-12-17(25)13-11-16/h2-13,21,30H,14H2,1H3. The van der Waals surface area contributed by atoms with E-state index in [1.54, 1.807) is 22.8 Å². The molecular weight excluding hydrogens is 427 g/mol. The molecule has 1 unspecified atom stereocenters. The first-order chi connectivity index (χ1) is 15.5. The summed E-state index contributed by atoms with van der Waals surface area (Å²) in [5.41, 5.74) is 2.83. The third-order valence-electron chi connectivity index (χ3n) is 5.38. The number of halogens is 1. The van der Waals surface area contributed by atoms with Crippen LogP contribution in [0.2, 0.25) is 0 Å².